The molecule has 1 spiro atoms. The summed E-state index contributed by atoms with van der Waals surface area (Å²) in [6.45, 7) is 6.64. The number of ether oxygens (including phenoxy) is 2. The quantitative estimate of drug-likeness (QED) is 0.743. The minimum atomic E-state index is -0.000182. The lowest BCUT2D eigenvalue weighted by atomic mass is 9.82. The number of fused-ring (bicyclic) bond motifs is 2. The van der Waals surface area contributed by atoms with Crippen LogP contribution in [0.5, 0.6) is 5.75 Å². The van der Waals surface area contributed by atoms with Crippen LogP contribution in [0.1, 0.15) is 16.1 Å². The van der Waals surface area contributed by atoms with Crippen LogP contribution in [0.2, 0.25) is 0 Å². The number of carbonyl (C=O) groups is 1. The Kier molecular flexibility index (Phi) is 5.00. The summed E-state index contributed by atoms with van der Waals surface area (Å²) >= 11 is 0. The summed E-state index contributed by atoms with van der Waals surface area (Å²) in [6, 6.07) is 7.69. The summed E-state index contributed by atoms with van der Waals surface area (Å²) in [5, 5.41) is 0. The molecule has 2 aromatic rings. The van der Waals surface area contributed by atoms with Gasteiger partial charge in [0.1, 0.15) is 5.75 Å². The fourth-order valence-electron chi connectivity index (χ4n) is 5.23. The first kappa shape index (κ1) is 19.5. The Morgan fingerprint density at radius 2 is 2.20 bits per heavy atom. The predicted octanol–water partition coefficient (Wildman–Crippen LogP) is 0.840. The number of amides is 1. The Balaban J connectivity index is 1.34. The number of aryl methyl sites for hydroxylation is 1. The molecule has 160 valence electrons. The molecule has 0 bridgehead atoms. The van der Waals surface area contributed by atoms with Crippen molar-refractivity contribution in [2.24, 2.45) is 7.05 Å². The van der Waals surface area contributed by atoms with Crippen molar-refractivity contribution < 1.29 is 14.3 Å². The highest BCUT2D eigenvalue weighted by Gasteiger charge is 2.54. The summed E-state index contributed by atoms with van der Waals surface area (Å²) in [6.07, 6.45) is 3.78. The van der Waals surface area contributed by atoms with Gasteiger partial charge in [0, 0.05) is 58.1 Å². The molecule has 0 radical (unpaired) electrons. The number of methoxy groups -OCH3 is 1. The van der Waals surface area contributed by atoms with Gasteiger partial charge in [-0.3, -0.25) is 14.6 Å². The number of rotatable bonds is 4. The molecule has 1 aromatic heterocycles. The second-order valence-corrected chi connectivity index (χ2v) is 8.71. The normalized spacial score (nSPS) is 23.8. The number of piperazine rings is 1. The van der Waals surface area contributed by atoms with E-state index in [1.807, 2.05) is 48.7 Å². The Labute approximate surface area is 177 Å². The highest BCUT2D eigenvalue weighted by Crippen LogP contribution is 2.37. The molecule has 8 nitrogen and oxygen atoms in total. The Morgan fingerprint density at radius 1 is 1.33 bits per heavy atom. The lowest BCUT2D eigenvalue weighted by Crippen LogP contribution is -2.80. The molecule has 3 aliphatic heterocycles. The molecule has 1 amide bonds. The van der Waals surface area contributed by atoms with Crippen molar-refractivity contribution in [1.29, 1.82) is 0 Å². The van der Waals surface area contributed by atoms with Crippen molar-refractivity contribution in [2.75, 3.05) is 53.0 Å². The zero-order valence-electron chi connectivity index (χ0n) is 17.7. The Morgan fingerprint density at radius 3 is 2.97 bits per heavy atom. The monoisotopic (exact) mass is 411 g/mol. The van der Waals surface area contributed by atoms with Crippen molar-refractivity contribution in [1.82, 2.24) is 24.3 Å². The Bertz CT molecular complexity index is 923. The minimum Gasteiger partial charge on any atom is -0.497 e. The minimum absolute atomic E-state index is 0.000182. The van der Waals surface area contributed by atoms with Crippen LogP contribution < -0.4 is 4.74 Å². The summed E-state index contributed by atoms with van der Waals surface area (Å²) in [5.74, 6) is 0.782. The fourth-order valence-corrected chi connectivity index (χ4v) is 5.23. The highest BCUT2D eigenvalue weighted by molar-refractivity contribution is 5.94. The number of hydrogen-bond acceptors (Lipinski definition) is 6. The van der Waals surface area contributed by atoms with Gasteiger partial charge in [0.2, 0.25) is 0 Å². The number of likely N-dealkylation sites (tertiary alicyclic amines) is 1. The van der Waals surface area contributed by atoms with Crippen molar-refractivity contribution in [3.63, 3.8) is 0 Å². The average Bonchev–Trinajstić information content (AvgIpc) is 3.16. The average molecular weight is 412 g/mol. The van der Waals surface area contributed by atoms with Crippen LogP contribution in [0.3, 0.4) is 0 Å². The molecule has 0 aliphatic carbocycles. The number of nitrogens with zero attached hydrogens (tertiary/aromatic N) is 5. The van der Waals surface area contributed by atoms with Crippen molar-refractivity contribution in [3.8, 4) is 5.75 Å². The van der Waals surface area contributed by atoms with Crippen LogP contribution in [0.25, 0.3) is 0 Å². The van der Waals surface area contributed by atoms with E-state index in [2.05, 4.69) is 19.4 Å². The van der Waals surface area contributed by atoms with Gasteiger partial charge in [0.25, 0.3) is 5.91 Å². The van der Waals surface area contributed by atoms with Crippen LogP contribution in [-0.4, -0.2) is 94.8 Å². The standard InChI is InChI=1S/C22H29N5O3/c1-24-16-23-9-18(24)10-25-13-22(14-25)15-26(11-19-12-30-7-6-27(19)22)21(28)17-4-3-5-20(8-17)29-2/h3-5,8-9,16,19H,6-7,10-15H2,1-2H3. The molecule has 3 aliphatic rings. The summed E-state index contributed by atoms with van der Waals surface area (Å²) in [7, 11) is 3.66. The molecule has 4 heterocycles. The van der Waals surface area contributed by atoms with E-state index in [0.29, 0.717) is 24.5 Å². The number of aromatic nitrogens is 2. The lowest BCUT2D eigenvalue weighted by Gasteiger charge is -2.63. The molecule has 3 fully saturated rings. The number of benzene rings is 1. The van der Waals surface area contributed by atoms with Gasteiger partial charge in [-0.2, -0.15) is 0 Å². The smallest absolute Gasteiger partial charge is 0.254 e. The first-order chi connectivity index (χ1) is 14.6. The maximum atomic E-state index is 13.3. The molecule has 1 unspecified atom stereocenters. The first-order valence-electron chi connectivity index (χ1n) is 10.5. The van der Waals surface area contributed by atoms with Gasteiger partial charge in [-0.1, -0.05) is 6.07 Å². The molecule has 0 N–H and O–H groups in total. The number of morpholine rings is 1. The largest absolute Gasteiger partial charge is 0.497 e. The van der Waals surface area contributed by atoms with Gasteiger partial charge < -0.3 is 18.9 Å². The molecular weight excluding hydrogens is 382 g/mol. The molecule has 5 rings (SSSR count). The number of carbonyl (C=O) groups excluding carboxylic acids is 1. The number of hydrogen-bond donors (Lipinski definition) is 0. The van der Waals surface area contributed by atoms with Crippen LogP contribution in [0.15, 0.2) is 36.8 Å². The van der Waals surface area contributed by atoms with E-state index in [4.69, 9.17) is 9.47 Å². The highest BCUT2D eigenvalue weighted by atomic mass is 16.5. The Hall–Kier alpha value is -2.42. The van der Waals surface area contributed by atoms with Gasteiger partial charge in [-0.25, -0.2) is 4.98 Å². The van der Waals surface area contributed by atoms with Crippen molar-refractivity contribution in [2.45, 2.75) is 18.1 Å². The van der Waals surface area contributed by atoms with Crippen LogP contribution in [-0.2, 0) is 18.3 Å². The summed E-state index contributed by atoms with van der Waals surface area (Å²) in [5.41, 5.74) is 1.89. The van der Waals surface area contributed by atoms with E-state index >= 15 is 0 Å². The van der Waals surface area contributed by atoms with E-state index in [1.165, 1.54) is 5.69 Å². The zero-order chi connectivity index (χ0) is 20.7. The molecule has 1 atom stereocenters. The zero-order valence-corrected chi connectivity index (χ0v) is 17.7. The molecule has 3 saturated heterocycles. The molecule has 30 heavy (non-hydrogen) atoms. The van der Waals surface area contributed by atoms with Crippen molar-refractivity contribution in [3.05, 3.63) is 48.0 Å². The molecule has 1 aromatic carbocycles. The van der Waals surface area contributed by atoms with E-state index in [9.17, 15) is 4.79 Å². The van der Waals surface area contributed by atoms with Crippen LogP contribution >= 0.6 is 0 Å². The maximum absolute atomic E-state index is 13.3. The van der Waals surface area contributed by atoms with E-state index in [-0.39, 0.29) is 17.5 Å². The topological polar surface area (TPSA) is 63.1 Å². The maximum Gasteiger partial charge on any atom is 0.254 e. The number of imidazole rings is 1. The molecular formula is C22H29N5O3. The van der Waals surface area contributed by atoms with Gasteiger partial charge in [-0.15, -0.1) is 0 Å². The fraction of sp³-hybridized carbons (Fsp3) is 0.545. The summed E-state index contributed by atoms with van der Waals surface area (Å²) < 4.78 is 13.2. The van der Waals surface area contributed by atoms with Crippen molar-refractivity contribution >= 4 is 5.91 Å². The van der Waals surface area contributed by atoms with E-state index < -0.39 is 0 Å². The van der Waals surface area contributed by atoms with Crippen LogP contribution in [0, 0.1) is 0 Å². The van der Waals surface area contributed by atoms with Gasteiger partial charge in [0.15, 0.2) is 0 Å². The summed E-state index contributed by atoms with van der Waals surface area (Å²) in [4.78, 5) is 24.6. The second-order valence-electron chi connectivity index (χ2n) is 8.71. The predicted molar refractivity (Wildman–Crippen MR) is 111 cm³/mol. The lowest BCUT2D eigenvalue weighted by molar-refractivity contribution is -0.160. The van der Waals surface area contributed by atoms with E-state index in [0.717, 1.165) is 39.3 Å². The van der Waals surface area contributed by atoms with Gasteiger partial charge in [0.05, 0.1) is 43.9 Å². The SMILES string of the molecule is COc1cccc(C(=O)N2CC3COCCN3C3(CN(Cc4cncn4C)C3)C2)c1. The molecule has 0 saturated carbocycles. The third-order valence-electron chi connectivity index (χ3n) is 6.69. The second kappa shape index (κ2) is 7.68. The van der Waals surface area contributed by atoms with Crippen LogP contribution in [0.4, 0.5) is 0 Å². The molecule has 8 heteroatoms. The van der Waals surface area contributed by atoms with E-state index in [1.54, 1.807) is 7.11 Å². The first-order valence-corrected chi connectivity index (χ1v) is 10.5. The van der Waals surface area contributed by atoms with Gasteiger partial charge in [-0.05, 0) is 18.2 Å². The van der Waals surface area contributed by atoms with Gasteiger partial charge >= 0.3 is 0 Å². The third-order valence-corrected chi connectivity index (χ3v) is 6.69. The third kappa shape index (κ3) is 3.38.